The highest BCUT2D eigenvalue weighted by atomic mass is 16.5. The average molecular weight is 285 g/mol. The van der Waals surface area contributed by atoms with Crippen LogP contribution in [0.15, 0.2) is 30.6 Å². The van der Waals surface area contributed by atoms with Crippen LogP contribution in [0.4, 0.5) is 0 Å². The van der Waals surface area contributed by atoms with Crippen molar-refractivity contribution >= 4 is 0 Å². The zero-order chi connectivity index (χ0) is 15.2. The Morgan fingerprint density at radius 2 is 1.81 bits per heavy atom. The second-order valence-electron chi connectivity index (χ2n) is 5.14. The van der Waals surface area contributed by atoms with Gasteiger partial charge in [-0.15, -0.1) is 0 Å². The number of ether oxygens (including phenoxy) is 1. The first-order chi connectivity index (χ1) is 10.2. The maximum Gasteiger partial charge on any atom is 0.237 e. The van der Waals surface area contributed by atoms with Crippen molar-refractivity contribution in [1.82, 2.24) is 15.3 Å². The average Bonchev–Trinajstić information content (AvgIpc) is 2.50. The fourth-order valence-corrected chi connectivity index (χ4v) is 2.60. The molecule has 4 nitrogen and oxygen atoms in total. The van der Waals surface area contributed by atoms with E-state index >= 15 is 0 Å². The smallest absolute Gasteiger partial charge is 0.237 e. The number of aryl methyl sites for hydroxylation is 2. The zero-order valence-electron chi connectivity index (χ0n) is 13.2. The second-order valence-corrected chi connectivity index (χ2v) is 5.14. The van der Waals surface area contributed by atoms with Crippen LogP contribution in [-0.2, 0) is 0 Å². The van der Waals surface area contributed by atoms with Gasteiger partial charge in [-0.25, -0.2) is 4.98 Å². The second kappa shape index (κ2) is 7.18. The van der Waals surface area contributed by atoms with Crippen LogP contribution in [0.2, 0.25) is 0 Å². The molecule has 0 fully saturated rings. The van der Waals surface area contributed by atoms with E-state index in [4.69, 9.17) is 4.74 Å². The molecule has 4 heteroatoms. The van der Waals surface area contributed by atoms with Crippen LogP contribution in [0, 0.1) is 13.8 Å². The Kier molecular flexibility index (Phi) is 5.28. The first kappa shape index (κ1) is 15.4. The first-order valence-corrected chi connectivity index (χ1v) is 7.33. The van der Waals surface area contributed by atoms with Crippen molar-refractivity contribution in [2.75, 3.05) is 13.7 Å². The molecule has 21 heavy (non-hydrogen) atoms. The summed E-state index contributed by atoms with van der Waals surface area (Å²) in [5.74, 6) is 0.578. The number of benzene rings is 1. The fraction of sp³-hybridized carbons (Fsp3) is 0.412. The quantitative estimate of drug-likeness (QED) is 0.885. The largest absolute Gasteiger partial charge is 0.480 e. The van der Waals surface area contributed by atoms with Crippen molar-refractivity contribution in [3.05, 3.63) is 53.0 Å². The van der Waals surface area contributed by atoms with Gasteiger partial charge in [-0.1, -0.05) is 25.1 Å². The standard InChI is InChI=1S/C17H23N3O/c1-5-9-18-15(14-12(2)7-6-8-13(14)3)16-17(21-4)20-11-10-19-16/h6-8,10-11,15,18H,5,9H2,1-4H3. The van der Waals surface area contributed by atoms with Gasteiger partial charge in [0.05, 0.1) is 13.2 Å². The molecule has 1 aromatic carbocycles. The first-order valence-electron chi connectivity index (χ1n) is 7.33. The van der Waals surface area contributed by atoms with Crippen LogP contribution in [0.3, 0.4) is 0 Å². The van der Waals surface area contributed by atoms with E-state index < -0.39 is 0 Å². The molecule has 0 spiro atoms. The number of nitrogens with one attached hydrogen (secondary N) is 1. The third-order valence-corrected chi connectivity index (χ3v) is 3.59. The van der Waals surface area contributed by atoms with Gasteiger partial charge in [-0.2, -0.15) is 0 Å². The maximum atomic E-state index is 5.39. The Bertz CT molecular complexity index is 578. The summed E-state index contributed by atoms with van der Waals surface area (Å²) < 4.78 is 5.39. The Morgan fingerprint density at radius 3 is 2.43 bits per heavy atom. The summed E-state index contributed by atoms with van der Waals surface area (Å²) in [5.41, 5.74) is 4.59. The number of hydrogen-bond acceptors (Lipinski definition) is 4. The Labute approximate surface area is 126 Å². The van der Waals surface area contributed by atoms with Gasteiger partial charge in [-0.05, 0) is 43.5 Å². The molecule has 0 amide bonds. The van der Waals surface area contributed by atoms with Crippen molar-refractivity contribution in [1.29, 1.82) is 0 Å². The monoisotopic (exact) mass is 285 g/mol. The van der Waals surface area contributed by atoms with Crippen LogP contribution in [0.25, 0.3) is 0 Å². The minimum atomic E-state index is -0.00481. The number of methoxy groups -OCH3 is 1. The lowest BCUT2D eigenvalue weighted by Gasteiger charge is -2.23. The predicted octanol–water partition coefficient (Wildman–Crippen LogP) is 3.19. The fourth-order valence-electron chi connectivity index (χ4n) is 2.60. The van der Waals surface area contributed by atoms with E-state index in [1.165, 1.54) is 16.7 Å². The predicted molar refractivity (Wildman–Crippen MR) is 84.6 cm³/mol. The molecule has 1 N–H and O–H groups in total. The molecule has 2 aromatic rings. The molecule has 1 unspecified atom stereocenters. The molecule has 1 heterocycles. The van der Waals surface area contributed by atoms with Crippen LogP contribution in [-0.4, -0.2) is 23.6 Å². The van der Waals surface area contributed by atoms with Crippen LogP contribution in [0.1, 0.15) is 41.8 Å². The molecule has 112 valence electrons. The highest BCUT2D eigenvalue weighted by molar-refractivity contribution is 5.42. The topological polar surface area (TPSA) is 47.0 Å². The minimum absolute atomic E-state index is 0.00481. The van der Waals surface area contributed by atoms with Gasteiger partial charge in [0.1, 0.15) is 5.69 Å². The van der Waals surface area contributed by atoms with Gasteiger partial charge < -0.3 is 10.1 Å². The molecule has 0 aliphatic carbocycles. The van der Waals surface area contributed by atoms with Crippen LogP contribution >= 0.6 is 0 Å². The van der Waals surface area contributed by atoms with Gasteiger partial charge in [0.15, 0.2) is 0 Å². The lowest BCUT2D eigenvalue weighted by atomic mass is 9.94. The number of nitrogens with zero attached hydrogens (tertiary/aromatic N) is 2. The van der Waals surface area contributed by atoms with Crippen molar-refractivity contribution in [3.63, 3.8) is 0 Å². The third kappa shape index (κ3) is 3.39. The highest BCUT2D eigenvalue weighted by Gasteiger charge is 2.22. The Balaban J connectivity index is 2.53. The molecule has 1 aromatic heterocycles. The van der Waals surface area contributed by atoms with E-state index in [1.807, 2.05) is 0 Å². The van der Waals surface area contributed by atoms with Crippen molar-refractivity contribution in [2.24, 2.45) is 0 Å². The molecule has 0 radical (unpaired) electrons. The summed E-state index contributed by atoms with van der Waals surface area (Å²) in [4.78, 5) is 8.80. The maximum absolute atomic E-state index is 5.39. The van der Waals surface area contributed by atoms with E-state index in [9.17, 15) is 0 Å². The highest BCUT2D eigenvalue weighted by Crippen LogP contribution is 2.30. The van der Waals surface area contributed by atoms with Gasteiger partial charge in [-0.3, -0.25) is 4.98 Å². The number of aromatic nitrogens is 2. The van der Waals surface area contributed by atoms with Crippen LogP contribution in [0.5, 0.6) is 5.88 Å². The molecule has 0 aliphatic heterocycles. The summed E-state index contributed by atoms with van der Waals surface area (Å²) in [6, 6.07) is 6.34. The number of rotatable bonds is 6. The minimum Gasteiger partial charge on any atom is -0.480 e. The molecule has 0 saturated heterocycles. The summed E-state index contributed by atoms with van der Waals surface area (Å²) in [5, 5.41) is 3.58. The van der Waals surface area contributed by atoms with Gasteiger partial charge in [0.25, 0.3) is 0 Å². The Morgan fingerprint density at radius 1 is 1.14 bits per heavy atom. The molecule has 2 rings (SSSR count). The number of hydrogen-bond donors (Lipinski definition) is 1. The SMILES string of the molecule is CCCNC(c1nccnc1OC)c1c(C)cccc1C. The van der Waals surface area contributed by atoms with Crippen molar-refractivity contribution < 1.29 is 4.74 Å². The molecule has 1 atom stereocenters. The summed E-state index contributed by atoms with van der Waals surface area (Å²) in [6.45, 7) is 7.33. The Hall–Kier alpha value is -1.94. The lowest BCUT2D eigenvalue weighted by molar-refractivity contribution is 0.382. The van der Waals surface area contributed by atoms with E-state index in [2.05, 4.69) is 54.3 Å². The van der Waals surface area contributed by atoms with E-state index in [0.717, 1.165) is 18.7 Å². The third-order valence-electron chi connectivity index (χ3n) is 3.59. The molecule has 0 saturated carbocycles. The van der Waals surface area contributed by atoms with E-state index in [-0.39, 0.29) is 6.04 Å². The van der Waals surface area contributed by atoms with Gasteiger partial charge in [0, 0.05) is 12.4 Å². The van der Waals surface area contributed by atoms with Gasteiger partial charge >= 0.3 is 0 Å². The zero-order valence-corrected chi connectivity index (χ0v) is 13.2. The van der Waals surface area contributed by atoms with Gasteiger partial charge in [0.2, 0.25) is 5.88 Å². The lowest BCUT2D eigenvalue weighted by Crippen LogP contribution is -2.26. The van der Waals surface area contributed by atoms with Crippen molar-refractivity contribution in [3.8, 4) is 5.88 Å². The summed E-state index contributed by atoms with van der Waals surface area (Å²) in [6.07, 6.45) is 4.43. The molecule has 0 bridgehead atoms. The van der Waals surface area contributed by atoms with E-state index in [1.54, 1.807) is 19.5 Å². The van der Waals surface area contributed by atoms with Crippen molar-refractivity contribution in [2.45, 2.75) is 33.2 Å². The molecule has 0 aliphatic rings. The normalized spacial score (nSPS) is 12.2. The molecular weight excluding hydrogens is 262 g/mol. The summed E-state index contributed by atoms with van der Waals surface area (Å²) in [7, 11) is 1.63. The summed E-state index contributed by atoms with van der Waals surface area (Å²) >= 11 is 0. The van der Waals surface area contributed by atoms with Crippen LogP contribution < -0.4 is 10.1 Å². The molecular formula is C17H23N3O. The van der Waals surface area contributed by atoms with E-state index in [0.29, 0.717) is 5.88 Å².